The molecule has 2 aromatic rings. The van der Waals surface area contributed by atoms with E-state index in [1.807, 2.05) is 30.3 Å². The highest BCUT2D eigenvalue weighted by Gasteiger charge is 2.28. The van der Waals surface area contributed by atoms with Gasteiger partial charge >= 0.3 is 5.97 Å². The summed E-state index contributed by atoms with van der Waals surface area (Å²) in [7, 11) is 0. The van der Waals surface area contributed by atoms with Gasteiger partial charge < -0.3 is 10.2 Å². The average Bonchev–Trinajstić information content (AvgIpc) is 2.85. The summed E-state index contributed by atoms with van der Waals surface area (Å²) in [6.45, 7) is -0.0171. The summed E-state index contributed by atoms with van der Waals surface area (Å²) in [5.74, 6) is -1.29. The molecular weight excluding hydrogens is 280 g/mol. The van der Waals surface area contributed by atoms with Crippen LogP contribution >= 0.6 is 0 Å². The summed E-state index contributed by atoms with van der Waals surface area (Å²) in [5, 5.41) is 18.4. The van der Waals surface area contributed by atoms with Crippen LogP contribution in [0.1, 0.15) is 40.2 Å². The number of aliphatic carboxylic acids is 1. The monoisotopic (exact) mass is 296 g/mol. The molecule has 0 amide bonds. The number of carbonyl (C=O) groups is 2. The van der Waals surface area contributed by atoms with Crippen molar-refractivity contribution >= 4 is 11.8 Å². The van der Waals surface area contributed by atoms with E-state index in [-0.39, 0.29) is 31.1 Å². The first kappa shape index (κ1) is 14.5. The molecule has 1 aliphatic carbocycles. The molecule has 0 heterocycles. The summed E-state index contributed by atoms with van der Waals surface area (Å²) < 4.78 is 0. The number of aliphatic hydroxyl groups excluding tert-OH is 1. The molecule has 0 aromatic heterocycles. The van der Waals surface area contributed by atoms with Crippen LogP contribution in [-0.2, 0) is 4.79 Å². The molecule has 0 spiro atoms. The first-order valence-corrected chi connectivity index (χ1v) is 7.21. The van der Waals surface area contributed by atoms with Gasteiger partial charge in [-0.1, -0.05) is 36.4 Å². The van der Waals surface area contributed by atoms with E-state index in [9.17, 15) is 14.7 Å². The molecule has 0 fully saturated rings. The van der Waals surface area contributed by atoms with Crippen LogP contribution in [0.25, 0.3) is 11.1 Å². The Morgan fingerprint density at radius 1 is 0.955 bits per heavy atom. The van der Waals surface area contributed by atoms with Gasteiger partial charge in [0, 0.05) is 17.9 Å². The van der Waals surface area contributed by atoms with E-state index in [0.29, 0.717) is 5.56 Å². The number of Topliss-reactive ketones (excluding diaryl/α,β-unsaturated/α-hetero) is 1. The SMILES string of the molecule is O=C(O)CCC(=O)c1ccc2c(c1)C(CO)c1ccccc1-2. The van der Waals surface area contributed by atoms with Crippen molar-refractivity contribution in [2.24, 2.45) is 0 Å². The molecule has 1 aliphatic rings. The van der Waals surface area contributed by atoms with Crippen molar-refractivity contribution in [2.75, 3.05) is 6.61 Å². The molecule has 4 nitrogen and oxygen atoms in total. The molecule has 0 saturated heterocycles. The third-order valence-electron chi connectivity index (χ3n) is 4.12. The van der Waals surface area contributed by atoms with E-state index >= 15 is 0 Å². The van der Waals surface area contributed by atoms with Gasteiger partial charge in [-0.15, -0.1) is 0 Å². The van der Waals surface area contributed by atoms with Crippen molar-refractivity contribution < 1.29 is 19.8 Å². The van der Waals surface area contributed by atoms with E-state index in [0.717, 1.165) is 22.3 Å². The Bertz CT molecular complexity index is 749. The topological polar surface area (TPSA) is 74.6 Å². The molecular formula is C18H16O4. The number of rotatable bonds is 5. The normalized spacial score (nSPS) is 15.2. The molecule has 0 radical (unpaired) electrons. The lowest BCUT2D eigenvalue weighted by Gasteiger charge is -2.10. The number of carbonyl (C=O) groups excluding carboxylic acids is 1. The molecule has 4 heteroatoms. The Hall–Kier alpha value is -2.46. The van der Waals surface area contributed by atoms with Gasteiger partial charge in [-0.3, -0.25) is 9.59 Å². The standard InChI is InChI=1S/C18H16O4/c19-10-16-13-4-2-1-3-12(13)14-6-5-11(9-15(14)16)17(20)7-8-18(21)22/h1-6,9,16,19H,7-8,10H2,(H,21,22). The average molecular weight is 296 g/mol. The fourth-order valence-electron chi connectivity index (χ4n) is 3.04. The van der Waals surface area contributed by atoms with Gasteiger partial charge in [0.25, 0.3) is 0 Å². The van der Waals surface area contributed by atoms with E-state index < -0.39 is 5.97 Å². The lowest BCUT2D eigenvalue weighted by molar-refractivity contribution is -0.136. The second-order valence-electron chi connectivity index (χ2n) is 5.44. The molecule has 0 bridgehead atoms. The highest BCUT2D eigenvalue weighted by molar-refractivity contribution is 5.98. The number of aliphatic hydroxyl groups is 1. The Balaban J connectivity index is 1.97. The highest BCUT2D eigenvalue weighted by Crippen LogP contribution is 2.44. The van der Waals surface area contributed by atoms with Gasteiger partial charge in [0.1, 0.15) is 0 Å². The summed E-state index contributed by atoms with van der Waals surface area (Å²) in [6.07, 6.45) is -0.176. The first-order valence-electron chi connectivity index (χ1n) is 7.21. The maximum absolute atomic E-state index is 12.1. The Morgan fingerprint density at radius 3 is 2.41 bits per heavy atom. The molecule has 2 aromatic carbocycles. The molecule has 3 rings (SSSR count). The van der Waals surface area contributed by atoms with Gasteiger partial charge in [-0.25, -0.2) is 0 Å². The number of hydrogen-bond acceptors (Lipinski definition) is 3. The van der Waals surface area contributed by atoms with Crippen LogP contribution < -0.4 is 0 Å². The molecule has 112 valence electrons. The molecule has 0 saturated carbocycles. The van der Waals surface area contributed by atoms with Crippen LogP contribution in [0.15, 0.2) is 42.5 Å². The number of ketones is 1. The quantitative estimate of drug-likeness (QED) is 0.832. The zero-order valence-electron chi connectivity index (χ0n) is 12.0. The van der Waals surface area contributed by atoms with Gasteiger partial charge in [0.05, 0.1) is 13.0 Å². The predicted molar refractivity (Wildman–Crippen MR) is 82.0 cm³/mol. The van der Waals surface area contributed by atoms with E-state index in [4.69, 9.17) is 5.11 Å². The maximum Gasteiger partial charge on any atom is 0.303 e. The van der Waals surface area contributed by atoms with Gasteiger partial charge in [0.15, 0.2) is 5.78 Å². The van der Waals surface area contributed by atoms with Crippen LogP contribution in [0, 0.1) is 0 Å². The molecule has 2 N–H and O–H groups in total. The Kier molecular flexibility index (Phi) is 3.77. The summed E-state index contributed by atoms with van der Waals surface area (Å²) in [6, 6.07) is 13.3. The summed E-state index contributed by atoms with van der Waals surface area (Å²) in [4.78, 5) is 22.7. The number of carboxylic acid groups (broad SMARTS) is 1. The van der Waals surface area contributed by atoms with Crippen LogP contribution in [0.2, 0.25) is 0 Å². The number of fused-ring (bicyclic) bond motifs is 3. The zero-order valence-corrected chi connectivity index (χ0v) is 12.0. The summed E-state index contributed by atoms with van der Waals surface area (Å²) >= 11 is 0. The van der Waals surface area contributed by atoms with Gasteiger partial charge in [-0.05, 0) is 28.3 Å². The molecule has 0 aliphatic heterocycles. The van der Waals surface area contributed by atoms with Crippen molar-refractivity contribution in [1.82, 2.24) is 0 Å². The van der Waals surface area contributed by atoms with Crippen LogP contribution in [0.4, 0.5) is 0 Å². The van der Waals surface area contributed by atoms with Crippen molar-refractivity contribution in [3.05, 3.63) is 59.2 Å². The minimum absolute atomic E-state index is 0.00907. The number of hydrogen-bond donors (Lipinski definition) is 2. The fraction of sp³-hybridized carbons (Fsp3) is 0.222. The lowest BCUT2D eigenvalue weighted by atomic mass is 9.95. The lowest BCUT2D eigenvalue weighted by Crippen LogP contribution is -2.06. The second kappa shape index (κ2) is 5.73. The van der Waals surface area contributed by atoms with E-state index in [1.54, 1.807) is 12.1 Å². The zero-order chi connectivity index (χ0) is 15.7. The van der Waals surface area contributed by atoms with Crippen LogP contribution in [0.5, 0.6) is 0 Å². The highest BCUT2D eigenvalue weighted by atomic mass is 16.4. The third-order valence-corrected chi connectivity index (χ3v) is 4.12. The largest absolute Gasteiger partial charge is 0.481 e. The molecule has 22 heavy (non-hydrogen) atoms. The molecule has 1 unspecified atom stereocenters. The minimum atomic E-state index is -0.977. The van der Waals surface area contributed by atoms with Crippen molar-refractivity contribution in [3.63, 3.8) is 0 Å². The van der Waals surface area contributed by atoms with Crippen molar-refractivity contribution in [1.29, 1.82) is 0 Å². The molecule has 1 atom stereocenters. The van der Waals surface area contributed by atoms with Crippen molar-refractivity contribution in [3.8, 4) is 11.1 Å². The number of carboxylic acids is 1. The Morgan fingerprint density at radius 2 is 1.68 bits per heavy atom. The number of benzene rings is 2. The predicted octanol–water partition coefficient (Wildman–Crippen LogP) is 2.84. The third kappa shape index (κ3) is 2.42. The van der Waals surface area contributed by atoms with E-state index in [1.165, 1.54) is 0 Å². The Labute approximate surface area is 128 Å². The fourth-order valence-corrected chi connectivity index (χ4v) is 3.04. The minimum Gasteiger partial charge on any atom is -0.481 e. The van der Waals surface area contributed by atoms with Crippen LogP contribution in [0.3, 0.4) is 0 Å². The van der Waals surface area contributed by atoms with Gasteiger partial charge in [-0.2, -0.15) is 0 Å². The first-order chi connectivity index (χ1) is 10.6. The summed E-state index contributed by atoms with van der Waals surface area (Å²) in [5.41, 5.74) is 4.62. The van der Waals surface area contributed by atoms with E-state index in [2.05, 4.69) is 0 Å². The van der Waals surface area contributed by atoms with Crippen molar-refractivity contribution in [2.45, 2.75) is 18.8 Å². The van der Waals surface area contributed by atoms with Crippen LogP contribution in [-0.4, -0.2) is 28.6 Å². The maximum atomic E-state index is 12.1. The second-order valence-corrected chi connectivity index (χ2v) is 5.44. The van der Waals surface area contributed by atoms with Gasteiger partial charge in [0.2, 0.25) is 0 Å². The smallest absolute Gasteiger partial charge is 0.303 e.